The van der Waals surface area contributed by atoms with Gasteiger partial charge in [0.05, 0.1) is 36.6 Å². The quantitative estimate of drug-likeness (QED) is 0.0973. The van der Waals surface area contributed by atoms with E-state index in [0.29, 0.717) is 46.8 Å². The van der Waals surface area contributed by atoms with E-state index < -0.39 is 55.6 Å². The third-order valence-corrected chi connectivity index (χ3v) is 12.9. The van der Waals surface area contributed by atoms with Gasteiger partial charge in [-0.25, -0.2) is 0 Å². The van der Waals surface area contributed by atoms with Gasteiger partial charge in [-0.05, 0) is 74.8 Å². The molecule has 13 nitrogen and oxygen atoms in total. The first-order chi connectivity index (χ1) is 25.6. The Balaban J connectivity index is 1.34. The Morgan fingerprint density at radius 3 is 2.28 bits per heavy atom. The molecule has 15 heteroatoms. The molecule has 1 unspecified atom stereocenters. The summed E-state index contributed by atoms with van der Waals surface area (Å²) in [5, 5.41) is 43.8. The van der Waals surface area contributed by atoms with Gasteiger partial charge in [-0.2, -0.15) is 0 Å². The number of amides is 3. The minimum atomic E-state index is -3.52. The lowest BCUT2D eigenvalue weighted by Gasteiger charge is -2.31. The molecular formula is C39H47FN6O7Si. The number of rotatable bonds is 13. The average molecular weight is 759 g/mol. The number of halogens is 1. The van der Waals surface area contributed by atoms with Crippen LogP contribution in [-0.2, 0) is 37.8 Å². The van der Waals surface area contributed by atoms with Gasteiger partial charge < -0.3 is 39.7 Å². The molecule has 2 aliphatic rings. The molecular weight excluding hydrogens is 712 g/mol. The zero-order chi connectivity index (χ0) is 38.9. The Hall–Kier alpha value is -4.80. The summed E-state index contributed by atoms with van der Waals surface area (Å²) in [4.78, 5) is 41.2. The number of nitrogens with zero attached hydrogens (tertiary/aromatic N) is 4. The molecule has 0 saturated carbocycles. The van der Waals surface area contributed by atoms with Crippen molar-refractivity contribution >= 4 is 43.2 Å². The minimum absolute atomic E-state index is 0.0857. The zero-order valence-electron chi connectivity index (χ0n) is 30.9. The molecule has 1 spiro atoms. The molecule has 3 aromatic carbocycles. The number of benzene rings is 3. The Labute approximate surface area is 314 Å². The largest absolute Gasteiger partial charge is 0.395 e. The molecule has 1 saturated heterocycles. The van der Waals surface area contributed by atoms with E-state index in [4.69, 9.17) is 4.74 Å². The first-order valence-corrected chi connectivity index (χ1v) is 21.1. The number of hydrogen-bond acceptors (Lipinski definition) is 9. The first kappa shape index (κ1) is 38.9. The highest BCUT2D eigenvalue weighted by Gasteiger charge is 2.66. The average Bonchev–Trinajstić information content (AvgIpc) is 3.78. The highest BCUT2D eigenvalue weighted by atomic mass is 28.4. The van der Waals surface area contributed by atoms with E-state index in [2.05, 4.69) is 20.9 Å². The van der Waals surface area contributed by atoms with E-state index in [-0.39, 0.29) is 25.0 Å². The zero-order valence-corrected chi connectivity index (χ0v) is 31.9. The summed E-state index contributed by atoms with van der Waals surface area (Å²) < 4.78 is 25.1. The number of carbonyl (C=O) groups excluding carboxylic acids is 3. The Morgan fingerprint density at radius 2 is 1.65 bits per heavy atom. The van der Waals surface area contributed by atoms with E-state index in [1.807, 2.05) is 37.3 Å². The second kappa shape index (κ2) is 15.5. The van der Waals surface area contributed by atoms with Gasteiger partial charge in [0.25, 0.3) is 17.7 Å². The lowest BCUT2D eigenvalue weighted by atomic mass is 9.82. The van der Waals surface area contributed by atoms with E-state index in [1.165, 1.54) is 13.8 Å². The first-order valence-electron chi connectivity index (χ1n) is 18.1. The molecule has 3 heterocycles. The molecule has 54 heavy (non-hydrogen) atoms. The van der Waals surface area contributed by atoms with Gasteiger partial charge >= 0.3 is 0 Å². The molecule has 4 aromatic rings. The molecule has 286 valence electrons. The summed E-state index contributed by atoms with van der Waals surface area (Å²) >= 11 is 0. The molecule has 0 radical (unpaired) electrons. The van der Waals surface area contributed by atoms with Crippen LogP contribution in [0.1, 0.15) is 55.5 Å². The number of ether oxygens (including phenoxy) is 1. The molecule has 1 fully saturated rings. The maximum absolute atomic E-state index is 16.5. The Kier molecular flexibility index (Phi) is 11.2. The Morgan fingerprint density at radius 1 is 0.981 bits per heavy atom. The number of aryl methyl sites for hydroxylation is 1. The van der Waals surface area contributed by atoms with Crippen LogP contribution in [0.4, 0.5) is 21.2 Å². The van der Waals surface area contributed by atoms with Crippen molar-refractivity contribution in [3.05, 3.63) is 101 Å². The standard InChI is InChI=1S/C39H47FN6O7Si/c1-23-35(54(4,5)40)34(16-17-45-21-32(43-44-45)30(22-47)27-11-7-6-8-12-27)53-39(23)31-19-29(42-37(51)25(3)49)14-15-33(31)46(38(39)52)20-26-10-9-13-28(18-26)41-36(50)24(2)48/h6-15,18-19,21,23-25,30,34-35,47-49H,16-17,20,22H2,1-5H3,(H,41,50)(H,42,51)/t23-,24+,25+,30?,34+,35-,39+/m1/s1. The van der Waals surface area contributed by atoms with Crippen LogP contribution >= 0.6 is 0 Å². The van der Waals surface area contributed by atoms with Crippen LogP contribution in [0.3, 0.4) is 0 Å². The van der Waals surface area contributed by atoms with E-state index in [0.717, 1.165) is 5.56 Å². The predicted octanol–water partition coefficient (Wildman–Crippen LogP) is 4.45. The highest BCUT2D eigenvalue weighted by molar-refractivity contribution is 6.72. The van der Waals surface area contributed by atoms with Crippen molar-refractivity contribution in [1.29, 1.82) is 0 Å². The van der Waals surface area contributed by atoms with Crippen molar-refractivity contribution in [2.75, 3.05) is 22.1 Å². The maximum Gasteiger partial charge on any atom is 0.264 e. The van der Waals surface area contributed by atoms with Gasteiger partial charge in [0, 0.05) is 41.1 Å². The summed E-state index contributed by atoms with van der Waals surface area (Å²) in [6.07, 6.45) is -1.09. The van der Waals surface area contributed by atoms with Gasteiger partial charge in [-0.3, -0.25) is 19.1 Å². The predicted molar refractivity (Wildman–Crippen MR) is 203 cm³/mol. The molecule has 0 aliphatic carbocycles. The van der Waals surface area contributed by atoms with Gasteiger partial charge in [0.15, 0.2) is 5.60 Å². The lowest BCUT2D eigenvalue weighted by molar-refractivity contribution is -0.146. The van der Waals surface area contributed by atoms with Crippen molar-refractivity contribution in [3.63, 3.8) is 0 Å². The number of aliphatic hydroxyl groups is 3. The van der Waals surface area contributed by atoms with Crippen LogP contribution in [0.2, 0.25) is 18.6 Å². The van der Waals surface area contributed by atoms with Gasteiger partial charge in [0.2, 0.25) is 8.41 Å². The fourth-order valence-electron chi connectivity index (χ4n) is 7.87. The number of nitrogens with one attached hydrogen (secondary N) is 2. The van der Waals surface area contributed by atoms with Crippen molar-refractivity contribution in [1.82, 2.24) is 15.0 Å². The van der Waals surface area contributed by atoms with Crippen molar-refractivity contribution in [3.8, 4) is 0 Å². The van der Waals surface area contributed by atoms with Gasteiger partial charge in [-0.15, -0.1) is 5.10 Å². The SMILES string of the molecule is C[C@H](O)C(=O)Nc1cccc(CN2C(=O)[C@@]3(O[C@@H](CCn4cc(C(CO)c5ccccc5)nn4)[C@H]([Si](C)(C)F)[C@H]3C)c3cc(NC(=O)[C@H](C)O)ccc32)c1. The van der Waals surface area contributed by atoms with Crippen LogP contribution in [0, 0.1) is 5.92 Å². The third-order valence-electron chi connectivity index (χ3n) is 10.5. The van der Waals surface area contributed by atoms with Crippen molar-refractivity contribution < 1.29 is 38.5 Å². The van der Waals surface area contributed by atoms with Crippen molar-refractivity contribution in [2.24, 2.45) is 5.92 Å². The smallest absolute Gasteiger partial charge is 0.264 e. The number of aromatic nitrogens is 3. The number of aliphatic hydroxyl groups excluding tert-OH is 3. The van der Waals surface area contributed by atoms with Crippen LogP contribution < -0.4 is 15.5 Å². The molecule has 7 atom stereocenters. The highest BCUT2D eigenvalue weighted by Crippen LogP contribution is 2.60. The van der Waals surface area contributed by atoms with E-state index in [9.17, 15) is 29.7 Å². The number of hydrogen-bond donors (Lipinski definition) is 5. The maximum atomic E-state index is 16.5. The Bertz CT molecular complexity index is 2000. The minimum Gasteiger partial charge on any atom is -0.395 e. The molecule has 3 amide bonds. The van der Waals surface area contributed by atoms with E-state index >= 15 is 4.11 Å². The molecule has 2 aliphatic heterocycles. The van der Waals surface area contributed by atoms with Crippen LogP contribution in [0.5, 0.6) is 0 Å². The van der Waals surface area contributed by atoms with E-state index in [1.54, 1.807) is 71.3 Å². The second-order valence-corrected chi connectivity index (χ2v) is 18.6. The summed E-state index contributed by atoms with van der Waals surface area (Å²) in [6.45, 7) is 8.04. The second-order valence-electron chi connectivity index (χ2n) is 14.8. The monoisotopic (exact) mass is 758 g/mol. The summed E-state index contributed by atoms with van der Waals surface area (Å²) in [7, 11) is -3.52. The van der Waals surface area contributed by atoms with Crippen LogP contribution in [0.15, 0.2) is 79.0 Å². The fraction of sp³-hybridized carbons (Fsp3) is 0.410. The molecule has 6 rings (SSSR count). The van der Waals surface area contributed by atoms with Crippen LogP contribution in [0.25, 0.3) is 0 Å². The number of fused-ring (bicyclic) bond motifs is 2. The van der Waals surface area contributed by atoms with Gasteiger partial charge in [0.1, 0.15) is 12.2 Å². The number of carbonyl (C=O) groups is 3. The normalized spacial score (nSPS) is 22.6. The van der Waals surface area contributed by atoms with Crippen molar-refractivity contribution in [2.45, 2.75) is 88.7 Å². The lowest BCUT2D eigenvalue weighted by Crippen LogP contribution is -2.45. The molecule has 1 aromatic heterocycles. The fourth-order valence-corrected chi connectivity index (χ4v) is 10.4. The van der Waals surface area contributed by atoms with Gasteiger partial charge in [-0.1, -0.05) is 54.6 Å². The summed E-state index contributed by atoms with van der Waals surface area (Å²) in [5.41, 5.74) is 1.74. The third kappa shape index (κ3) is 7.59. The molecule has 0 bridgehead atoms. The summed E-state index contributed by atoms with van der Waals surface area (Å²) in [6, 6.07) is 21.4. The topological polar surface area (TPSA) is 179 Å². The molecule has 5 N–H and O–H groups in total. The summed E-state index contributed by atoms with van der Waals surface area (Å²) in [5.74, 6) is -2.57. The number of anilines is 3. The van der Waals surface area contributed by atoms with Crippen LogP contribution in [-0.4, -0.2) is 81.4 Å².